The van der Waals surface area contributed by atoms with Gasteiger partial charge in [0, 0.05) is 11.6 Å². The minimum absolute atomic E-state index is 0.163. The van der Waals surface area contributed by atoms with Crippen molar-refractivity contribution < 1.29 is 22.7 Å². The Bertz CT molecular complexity index is 648. The Morgan fingerprint density at radius 3 is 2.52 bits per heavy atom. The molecule has 2 saturated carbocycles. The summed E-state index contributed by atoms with van der Waals surface area (Å²) in [4.78, 5) is 12.1. The molecule has 138 valence electrons. The number of amides is 2. The Balaban J connectivity index is 1.62. The van der Waals surface area contributed by atoms with Gasteiger partial charge in [-0.25, -0.2) is 4.79 Å². The fraction of sp³-hybridized carbons (Fsp3) is 0.611. The summed E-state index contributed by atoms with van der Waals surface area (Å²) in [6.07, 6.45) is 1.25. The van der Waals surface area contributed by atoms with Gasteiger partial charge in [0.1, 0.15) is 5.75 Å². The summed E-state index contributed by atoms with van der Waals surface area (Å²) < 4.78 is 44.3. The summed E-state index contributed by atoms with van der Waals surface area (Å²) in [6.45, 7) is 1.64. The predicted octanol–water partition coefficient (Wildman–Crippen LogP) is 4.41. The average molecular weight is 356 g/mol. The molecule has 2 amide bonds. The quantitative estimate of drug-likeness (QED) is 0.840. The Kier molecular flexibility index (Phi) is 4.60. The van der Waals surface area contributed by atoms with Crippen LogP contribution in [0, 0.1) is 5.41 Å². The summed E-state index contributed by atoms with van der Waals surface area (Å²) >= 11 is 0. The third kappa shape index (κ3) is 3.55. The number of carbonyl (C=O) groups is 1. The van der Waals surface area contributed by atoms with Crippen LogP contribution in [-0.4, -0.2) is 19.2 Å². The number of hydrogen-bond donors (Lipinski definition) is 2. The standard InChI is InChI=1S/C18H23F3N2O2/c1-11(13-5-3-6-14(15(13)25-2)18(19,20)21)22-16(24)23-12-9-17(10-12)7-4-8-17/h3,5-6,11-12H,4,7-10H2,1-2H3,(H2,22,23,24). The monoisotopic (exact) mass is 356 g/mol. The number of halogens is 3. The molecule has 2 aliphatic carbocycles. The van der Waals surface area contributed by atoms with E-state index >= 15 is 0 Å². The van der Waals surface area contributed by atoms with Crippen LogP contribution in [0.1, 0.15) is 56.2 Å². The number of benzene rings is 1. The molecule has 25 heavy (non-hydrogen) atoms. The van der Waals surface area contributed by atoms with Crippen molar-refractivity contribution in [1.82, 2.24) is 10.6 Å². The molecular weight excluding hydrogens is 333 g/mol. The Hall–Kier alpha value is -1.92. The normalized spacial score (nSPS) is 20.4. The first-order valence-electron chi connectivity index (χ1n) is 8.55. The molecule has 4 nitrogen and oxygen atoms in total. The Labute approximate surface area is 145 Å². The summed E-state index contributed by atoms with van der Waals surface area (Å²) in [5, 5.41) is 5.62. The molecule has 0 bridgehead atoms. The molecular formula is C18H23F3N2O2. The molecule has 0 aliphatic heterocycles. The van der Waals surface area contributed by atoms with Crippen LogP contribution in [0.2, 0.25) is 0 Å². The number of para-hydroxylation sites is 1. The van der Waals surface area contributed by atoms with Gasteiger partial charge in [0.15, 0.2) is 0 Å². The van der Waals surface area contributed by atoms with E-state index in [1.807, 2.05) is 0 Å². The number of nitrogens with one attached hydrogen (secondary N) is 2. The van der Waals surface area contributed by atoms with Crippen molar-refractivity contribution in [2.24, 2.45) is 5.41 Å². The number of urea groups is 1. The van der Waals surface area contributed by atoms with E-state index in [9.17, 15) is 18.0 Å². The highest BCUT2D eigenvalue weighted by molar-refractivity contribution is 5.75. The highest BCUT2D eigenvalue weighted by atomic mass is 19.4. The van der Waals surface area contributed by atoms with E-state index < -0.39 is 17.8 Å². The largest absolute Gasteiger partial charge is 0.496 e. The zero-order valence-corrected chi connectivity index (χ0v) is 14.4. The number of alkyl halides is 3. The van der Waals surface area contributed by atoms with Crippen molar-refractivity contribution in [3.8, 4) is 5.75 Å². The number of ether oxygens (including phenoxy) is 1. The van der Waals surface area contributed by atoms with Crippen molar-refractivity contribution in [2.45, 2.75) is 57.3 Å². The van der Waals surface area contributed by atoms with Crippen LogP contribution in [0.5, 0.6) is 5.75 Å². The molecule has 0 aromatic heterocycles. The zero-order chi connectivity index (χ0) is 18.2. The summed E-state index contributed by atoms with van der Waals surface area (Å²) in [5.74, 6) is -0.250. The Morgan fingerprint density at radius 2 is 2.00 bits per heavy atom. The molecule has 2 fully saturated rings. The summed E-state index contributed by atoms with van der Waals surface area (Å²) in [6, 6.07) is 3.04. The second kappa shape index (κ2) is 6.42. The summed E-state index contributed by atoms with van der Waals surface area (Å²) in [5.41, 5.74) is -0.0857. The van der Waals surface area contributed by atoms with E-state index in [0.29, 0.717) is 11.0 Å². The van der Waals surface area contributed by atoms with Gasteiger partial charge in [-0.15, -0.1) is 0 Å². The van der Waals surface area contributed by atoms with Gasteiger partial charge in [-0.05, 0) is 44.1 Å². The highest BCUT2D eigenvalue weighted by Crippen LogP contribution is 2.55. The van der Waals surface area contributed by atoms with Crippen LogP contribution in [0.15, 0.2) is 18.2 Å². The van der Waals surface area contributed by atoms with Crippen molar-refractivity contribution in [3.63, 3.8) is 0 Å². The molecule has 2 aliphatic rings. The van der Waals surface area contributed by atoms with E-state index in [2.05, 4.69) is 10.6 Å². The molecule has 7 heteroatoms. The number of hydrogen-bond acceptors (Lipinski definition) is 2. The van der Waals surface area contributed by atoms with Gasteiger partial charge in [-0.1, -0.05) is 18.6 Å². The van der Waals surface area contributed by atoms with Crippen molar-refractivity contribution in [1.29, 1.82) is 0 Å². The molecule has 1 unspecified atom stereocenters. The van der Waals surface area contributed by atoms with Gasteiger partial charge < -0.3 is 15.4 Å². The second-order valence-electron chi connectivity index (χ2n) is 7.22. The molecule has 1 aromatic carbocycles. The first-order valence-corrected chi connectivity index (χ1v) is 8.55. The van der Waals surface area contributed by atoms with E-state index in [0.717, 1.165) is 18.9 Å². The maximum atomic E-state index is 13.1. The maximum absolute atomic E-state index is 13.1. The molecule has 0 heterocycles. The topological polar surface area (TPSA) is 50.4 Å². The molecule has 1 spiro atoms. The third-order valence-electron chi connectivity index (χ3n) is 5.48. The molecule has 1 atom stereocenters. The lowest BCUT2D eigenvalue weighted by molar-refractivity contribution is -0.138. The SMILES string of the molecule is COc1c(C(C)NC(=O)NC2CC3(CCC3)C2)cccc1C(F)(F)F. The van der Waals surface area contributed by atoms with Crippen molar-refractivity contribution in [2.75, 3.05) is 7.11 Å². The lowest BCUT2D eigenvalue weighted by Gasteiger charge is -2.54. The van der Waals surface area contributed by atoms with Gasteiger partial charge in [0.05, 0.1) is 18.7 Å². The minimum Gasteiger partial charge on any atom is -0.496 e. The maximum Gasteiger partial charge on any atom is 0.419 e. The van der Waals surface area contributed by atoms with Crippen LogP contribution < -0.4 is 15.4 Å². The van der Waals surface area contributed by atoms with E-state index in [1.54, 1.807) is 6.92 Å². The van der Waals surface area contributed by atoms with Gasteiger partial charge in [-0.3, -0.25) is 0 Å². The number of rotatable bonds is 4. The lowest BCUT2D eigenvalue weighted by Crippen LogP contribution is -2.55. The van der Waals surface area contributed by atoms with Gasteiger partial charge in [-0.2, -0.15) is 13.2 Å². The molecule has 1 aromatic rings. The van der Waals surface area contributed by atoms with Gasteiger partial charge >= 0.3 is 12.2 Å². The average Bonchev–Trinajstić information content (AvgIpc) is 2.46. The van der Waals surface area contributed by atoms with Crippen molar-refractivity contribution in [3.05, 3.63) is 29.3 Å². The highest BCUT2D eigenvalue weighted by Gasteiger charge is 2.48. The fourth-order valence-corrected chi connectivity index (χ4v) is 4.02. The molecule has 3 rings (SSSR count). The van der Waals surface area contributed by atoms with Crippen LogP contribution in [0.3, 0.4) is 0 Å². The Morgan fingerprint density at radius 1 is 1.32 bits per heavy atom. The van der Waals surface area contributed by atoms with Crippen molar-refractivity contribution >= 4 is 6.03 Å². The first kappa shape index (κ1) is 17.9. The van der Waals surface area contributed by atoms with Crippen LogP contribution in [-0.2, 0) is 6.18 Å². The lowest BCUT2D eigenvalue weighted by atomic mass is 9.54. The second-order valence-corrected chi connectivity index (χ2v) is 7.22. The zero-order valence-electron chi connectivity index (χ0n) is 14.4. The molecule has 0 radical (unpaired) electrons. The molecule has 0 saturated heterocycles. The number of methoxy groups -OCH3 is 1. The molecule has 2 N–H and O–H groups in total. The van der Waals surface area contributed by atoms with E-state index in [1.165, 1.54) is 38.5 Å². The smallest absolute Gasteiger partial charge is 0.419 e. The minimum atomic E-state index is -4.51. The third-order valence-corrected chi connectivity index (χ3v) is 5.48. The summed E-state index contributed by atoms with van der Waals surface area (Å²) in [7, 11) is 1.20. The predicted molar refractivity (Wildman–Crippen MR) is 87.4 cm³/mol. The van der Waals surface area contributed by atoms with Gasteiger partial charge in [0.2, 0.25) is 0 Å². The van der Waals surface area contributed by atoms with E-state index in [-0.39, 0.29) is 17.8 Å². The van der Waals surface area contributed by atoms with Crippen LogP contribution >= 0.6 is 0 Å². The number of carbonyl (C=O) groups excluding carboxylic acids is 1. The first-order chi connectivity index (χ1) is 11.7. The van der Waals surface area contributed by atoms with Crippen LogP contribution in [0.4, 0.5) is 18.0 Å². The fourth-order valence-electron chi connectivity index (χ4n) is 4.02. The van der Waals surface area contributed by atoms with Gasteiger partial charge in [0.25, 0.3) is 0 Å². The van der Waals surface area contributed by atoms with Crippen LogP contribution in [0.25, 0.3) is 0 Å². The van der Waals surface area contributed by atoms with E-state index in [4.69, 9.17) is 4.74 Å².